The molecule has 0 aromatic heterocycles. The van der Waals surface area contributed by atoms with Gasteiger partial charge in [0.1, 0.15) is 5.82 Å². The number of piperidine rings is 1. The topological polar surface area (TPSA) is 21.3 Å². The van der Waals surface area contributed by atoms with E-state index in [1.165, 1.54) is 17.7 Å². The maximum absolute atomic E-state index is 12.9. The third-order valence-electron chi connectivity index (χ3n) is 3.20. The van der Waals surface area contributed by atoms with Gasteiger partial charge in [-0.3, -0.25) is 0 Å². The third-order valence-corrected chi connectivity index (χ3v) is 3.20. The van der Waals surface area contributed by atoms with E-state index in [2.05, 4.69) is 5.32 Å². The van der Waals surface area contributed by atoms with Gasteiger partial charge in [-0.15, -0.1) is 0 Å². The Kier molecular flexibility index (Phi) is 4.15. The molecule has 1 saturated heterocycles. The Morgan fingerprint density at radius 1 is 1.29 bits per heavy atom. The fraction of sp³-hybridized carbons (Fsp3) is 0.429. The Hall–Kier alpha value is -1.35. The van der Waals surface area contributed by atoms with Crippen molar-refractivity contribution in [1.82, 2.24) is 5.32 Å². The highest BCUT2D eigenvalue weighted by Gasteiger charge is 2.19. The average Bonchev–Trinajstić information content (AvgIpc) is 2.38. The standard InChI is InChI=1S/C14H18FNO/c1-17-10-14(12-6-8-16-9-7-12)11-2-4-13(15)5-3-11/h2-5,10,12,16H,6-9H2,1H3/b14-10+. The first-order valence-corrected chi connectivity index (χ1v) is 6.01. The summed E-state index contributed by atoms with van der Waals surface area (Å²) >= 11 is 0. The lowest BCUT2D eigenvalue weighted by Crippen LogP contribution is -2.28. The molecule has 0 spiro atoms. The first-order chi connectivity index (χ1) is 8.31. The number of methoxy groups -OCH3 is 1. The first-order valence-electron chi connectivity index (χ1n) is 6.01. The molecule has 0 saturated carbocycles. The fourth-order valence-corrected chi connectivity index (χ4v) is 2.30. The van der Waals surface area contributed by atoms with Gasteiger partial charge in [-0.05, 0) is 55.1 Å². The summed E-state index contributed by atoms with van der Waals surface area (Å²) in [5.41, 5.74) is 2.23. The molecule has 92 valence electrons. The molecule has 0 bridgehead atoms. The van der Waals surface area contributed by atoms with Crippen molar-refractivity contribution in [2.24, 2.45) is 5.92 Å². The van der Waals surface area contributed by atoms with Gasteiger partial charge in [0.15, 0.2) is 0 Å². The van der Waals surface area contributed by atoms with Gasteiger partial charge in [0.25, 0.3) is 0 Å². The predicted molar refractivity (Wildman–Crippen MR) is 67.0 cm³/mol. The summed E-state index contributed by atoms with van der Waals surface area (Å²) in [4.78, 5) is 0. The van der Waals surface area contributed by atoms with Gasteiger partial charge in [-0.2, -0.15) is 0 Å². The summed E-state index contributed by atoms with van der Waals surface area (Å²) in [5, 5.41) is 3.34. The highest BCUT2D eigenvalue weighted by Crippen LogP contribution is 2.30. The van der Waals surface area contributed by atoms with E-state index in [9.17, 15) is 4.39 Å². The van der Waals surface area contributed by atoms with Gasteiger partial charge >= 0.3 is 0 Å². The van der Waals surface area contributed by atoms with E-state index < -0.39 is 0 Å². The first kappa shape index (κ1) is 12.1. The van der Waals surface area contributed by atoms with E-state index in [1.54, 1.807) is 13.4 Å². The summed E-state index contributed by atoms with van der Waals surface area (Å²) in [6.45, 7) is 2.07. The zero-order valence-corrected chi connectivity index (χ0v) is 10.1. The molecular formula is C14H18FNO. The lowest BCUT2D eigenvalue weighted by atomic mass is 9.86. The Balaban J connectivity index is 2.22. The molecule has 2 nitrogen and oxygen atoms in total. The fourth-order valence-electron chi connectivity index (χ4n) is 2.30. The number of benzene rings is 1. The second-order valence-corrected chi connectivity index (χ2v) is 4.34. The van der Waals surface area contributed by atoms with Crippen molar-refractivity contribution in [3.63, 3.8) is 0 Å². The van der Waals surface area contributed by atoms with E-state index >= 15 is 0 Å². The molecule has 0 atom stereocenters. The molecule has 0 aliphatic carbocycles. The Bertz CT molecular complexity index is 380. The average molecular weight is 235 g/mol. The monoisotopic (exact) mass is 235 g/mol. The molecule has 1 aliphatic heterocycles. The van der Waals surface area contributed by atoms with Crippen LogP contribution >= 0.6 is 0 Å². The maximum atomic E-state index is 12.9. The summed E-state index contributed by atoms with van der Waals surface area (Å²) in [6.07, 6.45) is 4.00. The number of allylic oxidation sites excluding steroid dienone is 1. The third kappa shape index (κ3) is 3.07. The van der Waals surface area contributed by atoms with Crippen molar-refractivity contribution in [2.75, 3.05) is 20.2 Å². The van der Waals surface area contributed by atoms with Crippen molar-refractivity contribution >= 4 is 5.57 Å². The van der Waals surface area contributed by atoms with Gasteiger partial charge in [-0.25, -0.2) is 4.39 Å². The van der Waals surface area contributed by atoms with Crippen molar-refractivity contribution in [3.05, 3.63) is 41.9 Å². The molecule has 17 heavy (non-hydrogen) atoms. The summed E-state index contributed by atoms with van der Waals surface area (Å²) in [5.74, 6) is 0.303. The molecule has 1 heterocycles. The molecule has 1 N–H and O–H groups in total. The van der Waals surface area contributed by atoms with Crippen LogP contribution in [-0.4, -0.2) is 20.2 Å². The zero-order valence-electron chi connectivity index (χ0n) is 10.1. The molecular weight excluding hydrogens is 217 g/mol. The van der Waals surface area contributed by atoms with Crippen LogP contribution in [0, 0.1) is 11.7 Å². The van der Waals surface area contributed by atoms with E-state index in [4.69, 9.17) is 4.74 Å². The van der Waals surface area contributed by atoms with Crippen LogP contribution in [-0.2, 0) is 4.74 Å². The summed E-state index contributed by atoms with van der Waals surface area (Å²) < 4.78 is 18.1. The van der Waals surface area contributed by atoms with E-state index in [-0.39, 0.29) is 5.82 Å². The number of halogens is 1. The summed E-state index contributed by atoms with van der Waals surface area (Å²) in [6, 6.07) is 6.64. The number of hydrogen-bond acceptors (Lipinski definition) is 2. The minimum absolute atomic E-state index is 0.198. The zero-order chi connectivity index (χ0) is 12.1. The molecule has 3 heteroatoms. The van der Waals surface area contributed by atoms with Crippen molar-refractivity contribution in [3.8, 4) is 0 Å². The number of hydrogen-bond donors (Lipinski definition) is 1. The maximum Gasteiger partial charge on any atom is 0.123 e. The SMILES string of the molecule is CO/C=C(\c1ccc(F)cc1)C1CCNCC1. The molecule has 2 rings (SSSR count). The second kappa shape index (κ2) is 5.82. The van der Waals surface area contributed by atoms with Crippen molar-refractivity contribution in [2.45, 2.75) is 12.8 Å². The molecule has 1 aliphatic rings. The second-order valence-electron chi connectivity index (χ2n) is 4.34. The lowest BCUT2D eigenvalue weighted by Gasteiger charge is -2.25. The van der Waals surface area contributed by atoms with E-state index in [1.807, 2.05) is 12.1 Å². The Morgan fingerprint density at radius 3 is 2.53 bits per heavy atom. The van der Waals surface area contributed by atoms with Crippen molar-refractivity contribution < 1.29 is 9.13 Å². The van der Waals surface area contributed by atoms with Crippen LogP contribution in [0.4, 0.5) is 4.39 Å². The van der Waals surface area contributed by atoms with E-state index in [0.29, 0.717) is 5.92 Å². The van der Waals surface area contributed by atoms with Crippen LogP contribution in [0.25, 0.3) is 5.57 Å². The van der Waals surface area contributed by atoms with Crippen LogP contribution in [0.2, 0.25) is 0 Å². The minimum atomic E-state index is -0.198. The molecule has 0 radical (unpaired) electrons. The van der Waals surface area contributed by atoms with Gasteiger partial charge in [0, 0.05) is 0 Å². The molecule has 0 unspecified atom stereocenters. The van der Waals surface area contributed by atoms with Crippen LogP contribution in [0.5, 0.6) is 0 Å². The molecule has 1 fully saturated rings. The Morgan fingerprint density at radius 2 is 1.94 bits per heavy atom. The number of rotatable bonds is 3. The quantitative estimate of drug-likeness (QED) is 0.813. The van der Waals surface area contributed by atoms with Crippen LogP contribution in [0.1, 0.15) is 18.4 Å². The van der Waals surface area contributed by atoms with Gasteiger partial charge in [0.05, 0.1) is 13.4 Å². The van der Waals surface area contributed by atoms with Crippen molar-refractivity contribution in [1.29, 1.82) is 0 Å². The minimum Gasteiger partial charge on any atom is -0.504 e. The largest absolute Gasteiger partial charge is 0.504 e. The van der Waals surface area contributed by atoms with Crippen LogP contribution < -0.4 is 5.32 Å². The summed E-state index contributed by atoms with van der Waals surface area (Å²) in [7, 11) is 1.66. The number of nitrogens with one attached hydrogen (secondary N) is 1. The predicted octanol–water partition coefficient (Wildman–Crippen LogP) is 2.81. The smallest absolute Gasteiger partial charge is 0.123 e. The molecule has 1 aromatic carbocycles. The van der Waals surface area contributed by atoms with Crippen LogP contribution in [0.3, 0.4) is 0 Å². The van der Waals surface area contributed by atoms with Gasteiger partial charge < -0.3 is 10.1 Å². The Labute approximate surface area is 101 Å². The normalized spacial score (nSPS) is 18.1. The molecule has 1 aromatic rings. The highest BCUT2D eigenvalue weighted by molar-refractivity contribution is 5.66. The van der Waals surface area contributed by atoms with E-state index in [0.717, 1.165) is 31.5 Å². The molecule has 0 amide bonds. The lowest BCUT2D eigenvalue weighted by molar-refractivity contribution is 0.333. The van der Waals surface area contributed by atoms with Crippen LogP contribution in [0.15, 0.2) is 30.5 Å². The highest BCUT2D eigenvalue weighted by atomic mass is 19.1. The van der Waals surface area contributed by atoms with Gasteiger partial charge in [-0.1, -0.05) is 12.1 Å². The number of ether oxygens (including phenoxy) is 1. The van der Waals surface area contributed by atoms with Gasteiger partial charge in [0.2, 0.25) is 0 Å².